The van der Waals surface area contributed by atoms with Crippen LogP contribution >= 0.6 is 0 Å². The van der Waals surface area contributed by atoms with E-state index in [2.05, 4.69) is 56.6 Å². The number of nitrogens with zero attached hydrogens (tertiary/aromatic N) is 3. The number of hydrogen-bond acceptors (Lipinski definition) is 3. The fraction of sp³-hybridized carbons (Fsp3) is 0.694. The van der Waals surface area contributed by atoms with Crippen molar-refractivity contribution in [2.24, 2.45) is 11.3 Å². The molecule has 1 aromatic carbocycles. The molecule has 4 rings (SSSR count). The van der Waals surface area contributed by atoms with Crippen LogP contribution in [-0.2, 0) is 0 Å². The highest BCUT2D eigenvalue weighted by molar-refractivity contribution is 5.55. The van der Waals surface area contributed by atoms with Gasteiger partial charge in [-0.1, -0.05) is 102 Å². The van der Waals surface area contributed by atoms with E-state index in [4.69, 9.17) is 9.97 Å². The Bertz CT molecular complexity index is 987. The summed E-state index contributed by atoms with van der Waals surface area (Å²) in [6, 6.07) is 11.7. The van der Waals surface area contributed by atoms with Gasteiger partial charge in [-0.3, -0.25) is 0 Å². The second kappa shape index (κ2) is 15.5. The van der Waals surface area contributed by atoms with Crippen LogP contribution in [0.4, 0.5) is 0 Å². The maximum Gasteiger partial charge on any atom is 0.159 e. The van der Waals surface area contributed by atoms with Crippen molar-refractivity contribution in [3.8, 4) is 17.5 Å². The number of nitriles is 1. The van der Waals surface area contributed by atoms with E-state index in [-0.39, 0.29) is 5.41 Å². The molecular formula is C36H53N3. The molecule has 0 saturated heterocycles. The van der Waals surface area contributed by atoms with E-state index in [9.17, 15) is 5.26 Å². The quantitative estimate of drug-likeness (QED) is 0.229. The highest BCUT2D eigenvalue weighted by Crippen LogP contribution is 2.46. The van der Waals surface area contributed by atoms with Gasteiger partial charge in [0.15, 0.2) is 5.82 Å². The summed E-state index contributed by atoms with van der Waals surface area (Å²) in [6.45, 7) is 4.56. The maximum atomic E-state index is 9.99. The lowest BCUT2D eigenvalue weighted by Gasteiger charge is -2.35. The molecule has 3 nitrogen and oxygen atoms in total. The molecule has 1 aromatic heterocycles. The van der Waals surface area contributed by atoms with Gasteiger partial charge in [0.25, 0.3) is 0 Å². The molecule has 2 aromatic rings. The van der Waals surface area contributed by atoms with Crippen molar-refractivity contribution < 1.29 is 0 Å². The molecule has 39 heavy (non-hydrogen) atoms. The summed E-state index contributed by atoms with van der Waals surface area (Å²) in [7, 11) is 0. The van der Waals surface area contributed by atoms with Crippen LogP contribution in [0.1, 0.15) is 159 Å². The van der Waals surface area contributed by atoms with Crippen LogP contribution in [-0.4, -0.2) is 9.97 Å². The summed E-state index contributed by atoms with van der Waals surface area (Å²) in [5.74, 6) is 2.99. The molecule has 212 valence electrons. The minimum Gasteiger partial charge on any atom is -0.236 e. The van der Waals surface area contributed by atoms with Crippen molar-refractivity contribution in [2.45, 2.75) is 148 Å². The number of rotatable bonds is 14. The van der Waals surface area contributed by atoms with E-state index in [1.165, 1.54) is 101 Å². The smallest absolute Gasteiger partial charge is 0.159 e. The average Bonchev–Trinajstić information content (AvgIpc) is 3.00. The van der Waals surface area contributed by atoms with Gasteiger partial charge < -0.3 is 0 Å². The average molecular weight is 528 g/mol. The third kappa shape index (κ3) is 8.64. The van der Waals surface area contributed by atoms with Gasteiger partial charge in [-0.2, -0.15) is 5.26 Å². The number of unbranched alkanes of at least 4 members (excludes halogenated alkanes) is 7. The third-order valence-electron chi connectivity index (χ3n) is 10.0. The SMILES string of the molecule is CCCCCCCC[C@]1(C#N)CC[C@H](c2ccc(-c3ncc([C@H]4CC[C@H](CCCCC)CC4)cn3)cc2)CC1. The van der Waals surface area contributed by atoms with Crippen molar-refractivity contribution in [2.75, 3.05) is 0 Å². The molecule has 0 spiro atoms. The predicted molar refractivity (Wildman–Crippen MR) is 164 cm³/mol. The first-order valence-corrected chi connectivity index (χ1v) is 16.5. The Morgan fingerprint density at radius 3 is 1.95 bits per heavy atom. The second-order valence-electron chi connectivity index (χ2n) is 12.9. The molecule has 0 bridgehead atoms. The van der Waals surface area contributed by atoms with Crippen LogP contribution in [0, 0.1) is 22.7 Å². The first-order chi connectivity index (χ1) is 19.2. The molecule has 0 unspecified atom stereocenters. The number of hydrogen-bond donors (Lipinski definition) is 0. The fourth-order valence-corrected chi connectivity index (χ4v) is 7.23. The van der Waals surface area contributed by atoms with E-state index >= 15 is 0 Å². The minimum absolute atomic E-state index is 0.0783. The van der Waals surface area contributed by atoms with Gasteiger partial charge in [0.1, 0.15) is 0 Å². The van der Waals surface area contributed by atoms with Gasteiger partial charge in [0.05, 0.1) is 11.5 Å². The van der Waals surface area contributed by atoms with Gasteiger partial charge in [-0.25, -0.2) is 9.97 Å². The van der Waals surface area contributed by atoms with E-state index in [1.54, 1.807) is 0 Å². The van der Waals surface area contributed by atoms with E-state index < -0.39 is 0 Å². The Kier molecular flexibility index (Phi) is 11.9. The lowest BCUT2D eigenvalue weighted by molar-refractivity contribution is 0.223. The van der Waals surface area contributed by atoms with Crippen LogP contribution < -0.4 is 0 Å². The van der Waals surface area contributed by atoms with Gasteiger partial charge in [0, 0.05) is 18.0 Å². The molecule has 0 atom stereocenters. The molecule has 2 aliphatic rings. The standard InChI is InChI=1S/C36H53N3/c1-3-5-7-8-9-11-23-36(28-37)24-21-32(22-25-36)30-17-19-33(20-18-30)35-38-26-34(27-39-35)31-15-13-29(14-16-31)12-10-6-4-2/h17-20,26-27,29,31-32H,3-16,21-25H2,1-2H3/t29-,31-,32-,36-. The molecule has 0 radical (unpaired) electrons. The van der Waals surface area contributed by atoms with Crippen LogP contribution in [0.25, 0.3) is 11.4 Å². The largest absolute Gasteiger partial charge is 0.236 e. The van der Waals surface area contributed by atoms with Gasteiger partial charge in [-0.05, 0) is 86.7 Å². The lowest BCUT2D eigenvalue weighted by atomic mass is 9.67. The van der Waals surface area contributed by atoms with Crippen LogP contribution in [0.5, 0.6) is 0 Å². The topological polar surface area (TPSA) is 49.6 Å². The molecule has 0 N–H and O–H groups in total. The van der Waals surface area contributed by atoms with Crippen molar-refractivity contribution >= 4 is 0 Å². The molecule has 1 heterocycles. The molecule has 0 amide bonds. The normalized spacial score (nSPS) is 25.3. The zero-order chi connectivity index (χ0) is 27.3. The Morgan fingerprint density at radius 1 is 0.718 bits per heavy atom. The Labute approximate surface area is 239 Å². The second-order valence-corrected chi connectivity index (χ2v) is 12.9. The Hall–Kier alpha value is -2.21. The highest BCUT2D eigenvalue weighted by Gasteiger charge is 2.35. The zero-order valence-corrected chi connectivity index (χ0v) is 25.0. The van der Waals surface area contributed by atoms with Gasteiger partial charge in [-0.15, -0.1) is 0 Å². The van der Waals surface area contributed by atoms with Crippen molar-refractivity contribution in [3.05, 3.63) is 47.8 Å². The summed E-state index contributed by atoms with van der Waals surface area (Å²) in [4.78, 5) is 9.56. The van der Waals surface area contributed by atoms with E-state index in [0.717, 1.165) is 49.4 Å². The van der Waals surface area contributed by atoms with Crippen LogP contribution in [0.3, 0.4) is 0 Å². The highest BCUT2D eigenvalue weighted by atomic mass is 14.9. The monoisotopic (exact) mass is 527 g/mol. The van der Waals surface area contributed by atoms with Crippen LogP contribution in [0.15, 0.2) is 36.7 Å². The Balaban J connectivity index is 1.24. The van der Waals surface area contributed by atoms with Crippen LogP contribution in [0.2, 0.25) is 0 Å². The molecular weight excluding hydrogens is 474 g/mol. The molecule has 2 fully saturated rings. The summed E-state index contributed by atoms with van der Waals surface area (Å²) in [5, 5.41) is 9.99. The van der Waals surface area contributed by atoms with Crippen molar-refractivity contribution in [3.63, 3.8) is 0 Å². The van der Waals surface area contributed by atoms with E-state index in [1.807, 2.05) is 0 Å². The molecule has 0 aliphatic heterocycles. The number of aromatic nitrogens is 2. The summed E-state index contributed by atoms with van der Waals surface area (Å²) in [6.07, 6.45) is 28.3. The van der Waals surface area contributed by atoms with E-state index in [0.29, 0.717) is 11.8 Å². The fourth-order valence-electron chi connectivity index (χ4n) is 7.23. The molecule has 3 heteroatoms. The first kappa shape index (κ1) is 29.8. The van der Waals surface area contributed by atoms with Gasteiger partial charge >= 0.3 is 0 Å². The third-order valence-corrected chi connectivity index (χ3v) is 10.0. The minimum atomic E-state index is -0.0783. The zero-order valence-electron chi connectivity index (χ0n) is 25.0. The summed E-state index contributed by atoms with van der Waals surface area (Å²) >= 11 is 0. The summed E-state index contributed by atoms with van der Waals surface area (Å²) in [5.41, 5.74) is 3.77. The predicted octanol–water partition coefficient (Wildman–Crippen LogP) is 10.9. The molecule has 2 saturated carbocycles. The van der Waals surface area contributed by atoms with Gasteiger partial charge in [0.2, 0.25) is 0 Å². The maximum absolute atomic E-state index is 9.99. The van der Waals surface area contributed by atoms with Crippen molar-refractivity contribution in [1.82, 2.24) is 9.97 Å². The van der Waals surface area contributed by atoms with Crippen molar-refractivity contribution in [1.29, 1.82) is 5.26 Å². The number of benzene rings is 1. The first-order valence-electron chi connectivity index (χ1n) is 16.5. The lowest BCUT2D eigenvalue weighted by Crippen LogP contribution is -2.25. The molecule has 2 aliphatic carbocycles. The summed E-state index contributed by atoms with van der Waals surface area (Å²) < 4.78 is 0. The Morgan fingerprint density at radius 2 is 1.31 bits per heavy atom.